The molecule has 0 radical (unpaired) electrons. The van der Waals surface area contributed by atoms with Crippen molar-refractivity contribution in [1.29, 1.82) is 0 Å². The SMILES string of the molecule is O=C(CC(=O)P(=O)(O)O)C1OO1. The fraction of sp³-hybridized carbons (Fsp3) is 0.500. The molecule has 0 aromatic rings. The summed E-state index contributed by atoms with van der Waals surface area (Å²) in [6, 6.07) is 0. The van der Waals surface area contributed by atoms with Gasteiger partial charge in [0, 0.05) is 0 Å². The van der Waals surface area contributed by atoms with Gasteiger partial charge in [0.05, 0.1) is 6.42 Å². The Balaban J connectivity index is 2.45. The summed E-state index contributed by atoms with van der Waals surface area (Å²) in [5.74, 6) is -0.789. The normalized spacial score (nSPS) is 17.5. The van der Waals surface area contributed by atoms with Gasteiger partial charge in [-0.05, 0) is 0 Å². The average molecular weight is 196 g/mol. The van der Waals surface area contributed by atoms with Gasteiger partial charge in [-0.25, -0.2) is 0 Å². The molecule has 0 saturated carbocycles. The predicted octanol–water partition coefficient (Wildman–Crippen LogP) is -1.06. The largest absolute Gasteiger partial charge is 0.392 e. The number of carbonyl (C=O) groups excluding carboxylic acids is 2. The van der Waals surface area contributed by atoms with Crippen molar-refractivity contribution in [3.8, 4) is 0 Å². The first-order valence-corrected chi connectivity index (χ1v) is 4.46. The fourth-order valence-corrected chi connectivity index (χ4v) is 0.832. The lowest BCUT2D eigenvalue weighted by Crippen LogP contribution is -2.12. The van der Waals surface area contributed by atoms with Crippen LogP contribution in [0.3, 0.4) is 0 Å². The molecule has 0 atom stereocenters. The smallest absolute Gasteiger partial charge is 0.319 e. The number of Topliss-reactive ketones (excluding diaryl/α,β-unsaturated/α-hetero) is 1. The molecule has 1 aliphatic heterocycles. The topological polar surface area (TPSA) is 117 Å². The van der Waals surface area contributed by atoms with Crippen LogP contribution in [0.5, 0.6) is 0 Å². The number of hydrogen-bond donors (Lipinski definition) is 2. The van der Waals surface area contributed by atoms with Crippen LogP contribution in [0.15, 0.2) is 0 Å². The van der Waals surface area contributed by atoms with Gasteiger partial charge in [-0.3, -0.25) is 14.2 Å². The highest BCUT2D eigenvalue weighted by Gasteiger charge is 2.39. The van der Waals surface area contributed by atoms with Crippen LogP contribution in [0.1, 0.15) is 6.42 Å². The van der Waals surface area contributed by atoms with Crippen LogP contribution in [-0.2, 0) is 23.9 Å². The van der Waals surface area contributed by atoms with E-state index in [4.69, 9.17) is 9.79 Å². The van der Waals surface area contributed by atoms with Gasteiger partial charge in [-0.15, -0.1) is 0 Å². The Kier molecular flexibility index (Phi) is 2.41. The van der Waals surface area contributed by atoms with Gasteiger partial charge >= 0.3 is 7.60 Å². The molecule has 68 valence electrons. The zero-order chi connectivity index (χ0) is 9.35. The van der Waals surface area contributed by atoms with E-state index < -0.39 is 31.6 Å². The van der Waals surface area contributed by atoms with Crippen LogP contribution in [0.2, 0.25) is 0 Å². The van der Waals surface area contributed by atoms with Crippen molar-refractivity contribution in [3.63, 3.8) is 0 Å². The lowest BCUT2D eigenvalue weighted by molar-refractivity contribution is -0.125. The third-order valence-electron chi connectivity index (χ3n) is 1.11. The number of ketones is 1. The van der Waals surface area contributed by atoms with E-state index >= 15 is 0 Å². The highest BCUT2D eigenvalue weighted by Crippen LogP contribution is 2.37. The standard InChI is InChI=1S/C4H5O7P/c5-2(4-10-11-4)1-3(6)12(7,8)9/h4H,1H2,(H2,7,8,9). The van der Waals surface area contributed by atoms with Gasteiger partial charge in [0.1, 0.15) is 0 Å². The van der Waals surface area contributed by atoms with Crippen LogP contribution < -0.4 is 0 Å². The van der Waals surface area contributed by atoms with E-state index in [-0.39, 0.29) is 0 Å². The minimum absolute atomic E-state index is 0.789. The van der Waals surface area contributed by atoms with Crippen LogP contribution in [-0.4, -0.2) is 27.4 Å². The third-order valence-corrected chi connectivity index (χ3v) is 1.91. The number of carbonyl (C=O) groups is 2. The molecule has 8 heteroatoms. The van der Waals surface area contributed by atoms with Gasteiger partial charge in [0.15, 0.2) is 0 Å². The molecule has 0 spiro atoms. The van der Waals surface area contributed by atoms with Crippen molar-refractivity contribution in [2.24, 2.45) is 0 Å². The summed E-state index contributed by atoms with van der Waals surface area (Å²) in [6.07, 6.45) is -1.99. The van der Waals surface area contributed by atoms with Gasteiger partial charge in [-0.2, -0.15) is 9.78 Å². The second-order valence-corrected chi connectivity index (χ2v) is 3.69. The first-order valence-electron chi connectivity index (χ1n) is 2.85. The average Bonchev–Trinajstić information content (AvgIpc) is 2.65. The monoisotopic (exact) mass is 196 g/mol. The van der Waals surface area contributed by atoms with E-state index in [9.17, 15) is 14.2 Å². The maximum atomic E-state index is 10.6. The molecule has 1 saturated heterocycles. The lowest BCUT2D eigenvalue weighted by atomic mass is 10.3. The molecule has 1 heterocycles. The zero-order valence-electron chi connectivity index (χ0n) is 5.67. The highest BCUT2D eigenvalue weighted by molar-refractivity contribution is 7.70. The minimum atomic E-state index is -4.79. The summed E-state index contributed by atoms with van der Waals surface area (Å²) in [4.78, 5) is 45.7. The molecule has 0 aliphatic carbocycles. The molecule has 1 rings (SSSR count). The molecule has 7 nitrogen and oxygen atoms in total. The van der Waals surface area contributed by atoms with Crippen molar-refractivity contribution in [2.75, 3.05) is 0 Å². The Hall–Kier alpha value is -0.590. The van der Waals surface area contributed by atoms with Crippen LogP contribution in [0.25, 0.3) is 0 Å². The Morgan fingerprint density at radius 3 is 2.17 bits per heavy atom. The second kappa shape index (κ2) is 3.04. The van der Waals surface area contributed by atoms with Crippen LogP contribution in [0, 0.1) is 0 Å². The second-order valence-electron chi connectivity index (χ2n) is 2.11. The predicted molar refractivity (Wildman–Crippen MR) is 32.6 cm³/mol. The Morgan fingerprint density at radius 1 is 1.33 bits per heavy atom. The minimum Gasteiger partial charge on any atom is -0.319 e. The van der Waals surface area contributed by atoms with Gasteiger partial charge < -0.3 is 9.79 Å². The van der Waals surface area contributed by atoms with E-state index in [1.165, 1.54) is 0 Å². The first kappa shape index (κ1) is 9.50. The third kappa shape index (κ3) is 2.47. The number of rotatable bonds is 4. The van der Waals surface area contributed by atoms with Crippen molar-refractivity contribution < 1.29 is 33.7 Å². The summed E-state index contributed by atoms with van der Waals surface area (Å²) < 4.78 is 10.2. The fourth-order valence-electron chi connectivity index (χ4n) is 0.470. The van der Waals surface area contributed by atoms with Crippen molar-refractivity contribution in [2.45, 2.75) is 12.7 Å². The van der Waals surface area contributed by atoms with Crippen molar-refractivity contribution in [3.05, 3.63) is 0 Å². The molecular weight excluding hydrogens is 191 g/mol. The maximum Gasteiger partial charge on any atom is 0.392 e. The molecule has 0 unspecified atom stereocenters. The summed E-state index contributed by atoms with van der Waals surface area (Å²) in [5, 5.41) is 0. The first-order chi connectivity index (χ1) is 5.41. The molecule has 1 aliphatic rings. The Morgan fingerprint density at radius 2 is 1.83 bits per heavy atom. The highest BCUT2D eigenvalue weighted by atomic mass is 31.2. The molecule has 0 amide bonds. The van der Waals surface area contributed by atoms with Crippen molar-refractivity contribution >= 4 is 18.9 Å². The molecule has 1 fully saturated rings. The van der Waals surface area contributed by atoms with Crippen molar-refractivity contribution in [1.82, 2.24) is 0 Å². The number of hydrogen-bond acceptors (Lipinski definition) is 5. The van der Waals surface area contributed by atoms with Gasteiger partial charge in [-0.1, -0.05) is 0 Å². The quantitative estimate of drug-likeness (QED) is 0.254. The summed E-state index contributed by atoms with van der Waals surface area (Å²) >= 11 is 0. The summed E-state index contributed by atoms with van der Waals surface area (Å²) in [6.45, 7) is 0. The molecule has 0 aromatic heterocycles. The van der Waals surface area contributed by atoms with E-state index in [2.05, 4.69) is 9.78 Å². The summed E-state index contributed by atoms with van der Waals surface area (Å²) in [7, 11) is -4.79. The van der Waals surface area contributed by atoms with E-state index in [0.29, 0.717) is 0 Å². The molecule has 0 aromatic carbocycles. The Bertz CT molecular complexity index is 261. The molecular formula is C4H5O7P. The van der Waals surface area contributed by atoms with Gasteiger partial charge in [0.2, 0.25) is 5.78 Å². The molecule has 2 N–H and O–H groups in total. The maximum absolute atomic E-state index is 10.6. The molecule has 12 heavy (non-hydrogen) atoms. The van der Waals surface area contributed by atoms with Gasteiger partial charge in [0.25, 0.3) is 11.8 Å². The Labute approximate surface area is 66.4 Å². The van der Waals surface area contributed by atoms with E-state index in [1.807, 2.05) is 0 Å². The molecule has 0 bridgehead atoms. The summed E-state index contributed by atoms with van der Waals surface area (Å²) in [5.41, 5.74) is -1.42. The lowest BCUT2D eigenvalue weighted by Gasteiger charge is -1.98. The zero-order valence-corrected chi connectivity index (χ0v) is 6.56. The van der Waals surface area contributed by atoms with E-state index in [1.54, 1.807) is 0 Å². The van der Waals surface area contributed by atoms with E-state index in [0.717, 1.165) is 0 Å². The van der Waals surface area contributed by atoms with Crippen LogP contribution in [0.4, 0.5) is 0 Å². The van der Waals surface area contributed by atoms with Crippen LogP contribution >= 0.6 is 7.60 Å².